The fourth-order valence-corrected chi connectivity index (χ4v) is 1.38. The third kappa shape index (κ3) is 1.54. The van der Waals surface area contributed by atoms with Gasteiger partial charge in [0.05, 0.1) is 5.51 Å². The van der Waals surface area contributed by atoms with Crippen LogP contribution in [-0.2, 0) is 0 Å². The lowest BCUT2D eigenvalue weighted by Gasteiger charge is -1.97. The summed E-state index contributed by atoms with van der Waals surface area (Å²) in [6.45, 7) is 0. The fraction of sp³-hybridized carbons (Fsp3) is 0. The molecule has 0 amide bonds. The second-order valence-corrected chi connectivity index (χ2v) is 2.97. The summed E-state index contributed by atoms with van der Waals surface area (Å²) in [6, 6.07) is 0. The summed E-state index contributed by atoms with van der Waals surface area (Å²) < 4.78 is 0. The zero-order valence-electron chi connectivity index (χ0n) is 6.51. The van der Waals surface area contributed by atoms with Gasteiger partial charge in [-0.25, -0.2) is 4.98 Å². The van der Waals surface area contributed by atoms with Crippen LogP contribution in [0.3, 0.4) is 0 Å². The predicted octanol–water partition coefficient (Wildman–Crippen LogP) is 0.159. The van der Waals surface area contributed by atoms with Crippen molar-refractivity contribution in [1.82, 2.24) is 19.9 Å². The van der Waals surface area contributed by atoms with Crippen molar-refractivity contribution < 1.29 is 0 Å². The Morgan fingerprint density at radius 3 is 2.31 bits per heavy atom. The number of nitrogens with zero attached hydrogens (tertiary/aromatic N) is 4. The number of anilines is 2. The largest absolute Gasteiger partial charge is 0.368 e. The average molecular weight is 194 g/mol. The minimum Gasteiger partial charge on any atom is -0.368 e. The molecule has 2 rings (SSSR count). The van der Waals surface area contributed by atoms with Crippen molar-refractivity contribution in [2.45, 2.75) is 0 Å². The Hall–Kier alpha value is -1.76. The van der Waals surface area contributed by atoms with Crippen molar-refractivity contribution in [3.63, 3.8) is 0 Å². The Bertz CT molecular complexity index is 391. The van der Waals surface area contributed by atoms with Gasteiger partial charge in [0.15, 0.2) is 5.82 Å². The second-order valence-electron chi connectivity index (χ2n) is 2.25. The van der Waals surface area contributed by atoms with Crippen LogP contribution < -0.4 is 11.5 Å². The molecule has 0 aliphatic rings. The van der Waals surface area contributed by atoms with Crippen LogP contribution in [-0.4, -0.2) is 19.9 Å². The van der Waals surface area contributed by atoms with Crippen molar-refractivity contribution in [1.29, 1.82) is 0 Å². The van der Waals surface area contributed by atoms with Gasteiger partial charge in [-0.1, -0.05) is 0 Å². The van der Waals surface area contributed by atoms with Crippen LogP contribution in [0.4, 0.5) is 11.9 Å². The number of rotatable bonds is 1. The fourth-order valence-electron chi connectivity index (χ4n) is 0.847. The van der Waals surface area contributed by atoms with Crippen molar-refractivity contribution in [2.24, 2.45) is 0 Å². The van der Waals surface area contributed by atoms with Gasteiger partial charge in [0.1, 0.15) is 5.69 Å². The van der Waals surface area contributed by atoms with Crippen LogP contribution in [0.15, 0.2) is 10.9 Å². The average Bonchev–Trinajstić information content (AvgIpc) is 2.53. The van der Waals surface area contributed by atoms with Crippen LogP contribution in [0.25, 0.3) is 11.5 Å². The summed E-state index contributed by atoms with van der Waals surface area (Å²) in [4.78, 5) is 15.5. The Balaban J connectivity index is 2.53. The Morgan fingerprint density at radius 1 is 1.08 bits per heavy atom. The molecule has 13 heavy (non-hydrogen) atoms. The number of hydrogen-bond acceptors (Lipinski definition) is 7. The summed E-state index contributed by atoms with van der Waals surface area (Å²) in [6.07, 6.45) is 0. The van der Waals surface area contributed by atoms with E-state index in [1.807, 2.05) is 5.38 Å². The number of nitrogen functional groups attached to an aromatic ring is 2. The van der Waals surface area contributed by atoms with Crippen molar-refractivity contribution in [3.05, 3.63) is 10.9 Å². The molecule has 0 unspecified atom stereocenters. The first-order chi connectivity index (χ1) is 6.25. The van der Waals surface area contributed by atoms with E-state index in [9.17, 15) is 0 Å². The molecule has 7 heteroatoms. The van der Waals surface area contributed by atoms with Gasteiger partial charge in [-0.15, -0.1) is 11.3 Å². The van der Waals surface area contributed by atoms with E-state index in [2.05, 4.69) is 19.9 Å². The summed E-state index contributed by atoms with van der Waals surface area (Å²) in [5, 5.41) is 1.81. The van der Waals surface area contributed by atoms with E-state index in [1.165, 1.54) is 11.3 Å². The highest BCUT2D eigenvalue weighted by Gasteiger charge is 2.05. The van der Waals surface area contributed by atoms with E-state index in [-0.39, 0.29) is 11.9 Å². The molecule has 2 aromatic heterocycles. The highest BCUT2D eigenvalue weighted by atomic mass is 32.1. The lowest BCUT2D eigenvalue weighted by Crippen LogP contribution is -2.04. The van der Waals surface area contributed by atoms with E-state index >= 15 is 0 Å². The molecule has 0 aliphatic carbocycles. The van der Waals surface area contributed by atoms with Crippen molar-refractivity contribution >= 4 is 23.2 Å². The quantitative estimate of drug-likeness (QED) is 0.670. The molecule has 2 aromatic rings. The first kappa shape index (κ1) is 7.87. The Morgan fingerprint density at radius 2 is 1.77 bits per heavy atom. The van der Waals surface area contributed by atoms with Gasteiger partial charge in [-0.05, 0) is 0 Å². The zero-order chi connectivity index (χ0) is 9.26. The summed E-state index contributed by atoms with van der Waals surface area (Å²) in [5.41, 5.74) is 13.1. The molecule has 0 bridgehead atoms. The maximum atomic E-state index is 5.40. The maximum absolute atomic E-state index is 5.40. The molecule has 66 valence electrons. The van der Waals surface area contributed by atoms with Gasteiger partial charge < -0.3 is 11.5 Å². The van der Waals surface area contributed by atoms with E-state index in [4.69, 9.17) is 11.5 Å². The summed E-state index contributed by atoms with van der Waals surface area (Å²) >= 11 is 1.45. The first-order valence-electron chi connectivity index (χ1n) is 3.41. The highest BCUT2D eigenvalue weighted by Crippen LogP contribution is 2.15. The molecule has 0 saturated heterocycles. The Kier molecular flexibility index (Phi) is 1.78. The molecule has 0 fully saturated rings. The van der Waals surface area contributed by atoms with Crippen molar-refractivity contribution in [3.8, 4) is 11.5 Å². The number of hydrogen-bond donors (Lipinski definition) is 2. The van der Waals surface area contributed by atoms with Crippen LogP contribution in [0.5, 0.6) is 0 Å². The number of thiazole rings is 1. The molecule has 0 saturated carbocycles. The minimum absolute atomic E-state index is 0.107. The number of nitrogens with two attached hydrogens (primary N) is 2. The van der Waals surface area contributed by atoms with Gasteiger partial charge >= 0.3 is 0 Å². The van der Waals surface area contributed by atoms with Gasteiger partial charge in [-0.2, -0.15) is 15.0 Å². The molecule has 0 spiro atoms. The second kappa shape index (κ2) is 2.94. The normalized spacial score (nSPS) is 10.2. The minimum atomic E-state index is 0.107. The van der Waals surface area contributed by atoms with Gasteiger partial charge in [0.2, 0.25) is 11.9 Å². The van der Waals surface area contributed by atoms with Gasteiger partial charge in [-0.3, -0.25) is 0 Å². The van der Waals surface area contributed by atoms with E-state index < -0.39 is 0 Å². The lowest BCUT2D eigenvalue weighted by molar-refractivity contribution is 1.08. The molecule has 0 aromatic carbocycles. The molecule has 0 radical (unpaired) electrons. The third-order valence-corrected chi connectivity index (χ3v) is 1.92. The summed E-state index contributed by atoms with van der Waals surface area (Å²) in [5.74, 6) is 0.622. The SMILES string of the molecule is Nc1nc(N)nc(-c2cscn2)n1. The van der Waals surface area contributed by atoms with Crippen LogP contribution >= 0.6 is 11.3 Å². The molecule has 4 N–H and O–H groups in total. The smallest absolute Gasteiger partial charge is 0.225 e. The standard InChI is InChI=1S/C6H6N6S/c7-5-10-4(11-6(8)12-5)3-1-13-2-9-3/h1-2H,(H4,7,8,10,11,12). The molecular formula is C6H6N6S. The Labute approximate surface area is 77.7 Å². The van der Waals surface area contributed by atoms with Gasteiger partial charge in [0, 0.05) is 5.38 Å². The summed E-state index contributed by atoms with van der Waals surface area (Å²) in [7, 11) is 0. The molecule has 0 aliphatic heterocycles. The number of aromatic nitrogens is 4. The van der Waals surface area contributed by atoms with Crippen LogP contribution in [0.2, 0.25) is 0 Å². The first-order valence-corrected chi connectivity index (χ1v) is 4.35. The van der Waals surface area contributed by atoms with E-state index in [0.29, 0.717) is 11.5 Å². The van der Waals surface area contributed by atoms with E-state index in [1.54, 1.807) is 5.51 Å². The molecule has 2 heterocycles. The maximum Gasteiger partial charge on any atom is 0.225 e. The lowest BCUT2D eigenvalue weighted by atomic mass is 10.4. The predicted molar refractivity (Wildman–Crippen MR) is 49.8 cm³/mol. The van der Waals surface area contributed by atoms with Crippen LogP contribution in [0.1, 0.15) is 0 Å². The highest BCUT2D eigenvalue weighted by molar-refractivity contribution is 7.07. The molecular weight excluding hydrogens is 188 g/mol. The van der Waals surface area contributed by atoms with Crippen LogP contribution in [0, 0.1) is 0 Å². The van der Waals surface area contributed by atoms with Gasteiger partial charge in [0.25, 0.3) is 0 Å². The van der Waals surface area contributed by atoms with E-state index in [0.717, 1.165) is 0 Å². The zero-order valence-corrected chi connectivity index (χ0v) is 7.32. The topological polar surface area (TPSA) is 104 Å². The molecule has 6 nitrogen and oxygen atoms in total. The molecule has 0 atom stereocenters. The van der Waals surface area contributed by atoms with Crippen molar-refractivity contribution in [2.75, 3.05) is 11.5 Å². The third-order valence-electron chi connectivity index (χ3n) is 1.33. The monoisotopic (exact) mass is 194 g/mol.